The average Bonchev–Trinajstić information content (AvgIpc) is 3.33. The third-order valence-corrected chi connectivity index (χ3v) is 9.22. The molecule has 1 nitrogen and oxygen atoms in total. The highest BCUT2D eigenvalue weighted by molar-refractivity contribution is 5.86. The van der Waals surface area contributed by atoms with Gasteiger partial charge in [0.2, 0.25) is 0 Å². The van der Waals surface area contributed by atoms with Crippen molar-refractivity contribution in [3.05, 3.63) is 179 Å². The molecule has 0 amide bonds. The normalized spacial score (nSPS) is 15.2. The van der Waals surface area contributed by atoms with Crippen molar-refractivity contribution in [2.45, 2.75) is 24.7 Å². The largest absolute Gasteiger partial charge is 0.457 e. The Morgan fingerprint density at radius 2 is 0.927 bits per heavy atom. The molecule has 0 bridgehead atoms. The fourth-order valence-electron chi connectivity index (χ4n) is 7.44. The van der Waals surface area contributed by atoms with Crippen molar-refractivity contribution in [1.29, 1.82) is 0 Å². The van der Waals surface area contributed by atoms with Gasteiger partial charge in [-0.05, 0) is 56.6 Å². The van der Waals surface area contributed by atoms with Gasteiger partial charge in [-0.2, -0.15) is 0 Å². The summed E-state index contributed by atoms with van der Waals surface area (Å²) in [7, 11) is 0. The van der Waals surface area contributed by atoms with Gasteiger partial charge in [0.05, 0.1) is 5.41 Å². The summed E-state index contributed by atoms with van der Waals surface area (Å²) in [6.07, 6.45) is 0. The highest BCUT2D eigenvalue weighted by atomic mass is 16.5. The molecule has 0 aromatic heterocycles. The summed E-state index contributed by atoms with van der Waals surface area (Å²) >= 11 is 0. The monoisotopic (exact) mass is 526 g/mol. The Labute approximate surface area is 241 Å². The van der Waals surface area contributed by atoms with Crippen molar-refractivity contribution >= 4 is 0 Å². The SMILES string of the molecule is CC1(C)c2ccccc2Oc2cccc(-c3ccc(C4(c5ccccc5)c5ccccc5-c5ccccc54)cc3)c21. The molecule has 0 radical (unpaired) electrons. The predicted molar refractivity (Wildman–Crippen MR) is 168 cm³/mol. The van der Waals surface area contributed by atoms with E-state index in [1.165, 1.54) is 55.6 Å². The van der Waals surface area contributed by atoms with Crippen molar-refractivity contribution in [2.75, 3.05) is 0 Å². The molecule has 0 fully saturated rings. The average molecular weight is 527 g/mol. The fraction of sp³-hybridized carbons (Fsp3) is 0.100. The van der Waals surface area contributed by atoms with E-state index in [4.69, 9.17) is 4.74 Å². The summed E-state index contributed by atoms with van der Waals surface area (Å²) < 4.78 is 6.43. The maximum atomic E-state index is 6.43. The highest BCUT2D eigenvalue weighted by Gasteiger charge is 2.45. The summed E-state index contributed by atoms with van der Waals surface area (Å²) in [5.41, 5.74) is 12.2. The van der Waals surface area contributed by atoms with E-state index in [2.05, 4.69) is 153 Å². The van der Waals surface area contributed by atoms with Crippen LogP contribution >= 0.6 is 0 Å². The van der Waals surface area contributed by atoms with Crippen molar-refractivity contribution in [1.82, 2.24) is 0 Å². The van der Waals surface area contributed by atoms with Crippen LogP contribution in [-0.2, 0) is 10.8 Å². The van der Waals surface area contributed by atoms with E-state index in [9.17, 15) is 0 Å². The summed E-state index contributed by atoms with van der Waals surface area (Å²) in [5, 5.41) is 0. The number of para-hydroxylation sites is 1. The van der Waals surface area contributed by atoms with Gasteiger partial charge in [0.15, 0.2) is 0 Å². The molecule has 0 spiro atoms. The molecule has 1 heterocycles. The van der Waals surface area contributed by atoms with E-state index in [1.54, 1.807) is 0 Å². The molecular formula is C40H30O. The van der Waals surface area contributed by atoms with Crippen LogP contribution in [0.5, 0.6) is 11.5 Å². The Balaban J connectivity index is 1.33. The second kappa shape index (κ2) is 8.81. The van der Waals surface area contributed by atoms with Crippen molar-refractivity contribution in [3.8, 4) is 33.8 Å². The van der Waals surface area contributed by atoms with E-state index < -0.39 is 0 Å². The Morgan fingerprint density at radius 1 is 0.415 bits per heavy atom. The maximum absolute atomic E-state index is 6.43. The lowest BCUT2D eigenvalue weighted by molar-refractivity contribution is 0.419. The molecule has 0 atom stereocenters. The van der Waals surface area contributed by atoms with Gasteiger partial charge in [-0.15, -0.1) is 0 Å². The van der Waals surface area contributed by atoms with Gasteiger partial charge in [-0.25, -0.2) is 0 Å². The third-order valence-electron chi connectivity index (χ3n) is 9.22. The van der Waals surface area contributed by atoms with Gasteiger partial charge in [0, 0.05) is 16.5 Å². The first-order valence-corrected chi connectivity index (χ1v) is 14.4. The Morgan fingerprint density at radius 3 is 1.61 bits per heavy atom. The molecular weight excluding hydrogens is 496 g/mol. The van der Waals surface area contributed by atoms with Crippen molar-refractivity contribution < 1.29 is 4.74 Å². The van der Waals surface area contributed by atoms with Gasteiger partial charge in [0.25, 0.3) is 0 Å². The van der Waals surface area contributed by atoms with Crippen LogP contribution in [0, 0.1) is 0 Å². The fourth-order valence-corrected chi connectivity index (χ4v) is 7.44. The molecule has 1 heteroatoms. The quantitative estimate of drug-likeness (QED) is 0.223. The van der Waals surface area contributed by atoms with E-state index in [0.29, 0.717) is 0 Å². The summed E-state index contributed by atoms with van der Waals surface area (Å²) in [5.74, 6) is 1.88. The molecule has 0 unspecified atom stereocenters. The molecule has 1 aliphatic heterocycles. The van der Waals surface area contributed by atoms with Gasteiger partial charge < -0.3 is 4.74 Å². The molecule has 196 valence electrons. The zero-order valence-electron chi connectivity index (χ0n) is 23.3. The maximum Gasteiger partial charge on any atom is 0.132 e. The topological polar surface area (TPSA) is 9.23 Å². The predicted octanol–water partition coefficient (Wildman–Crippen LogP) is 10.1. The first-order valence-electron chi connectivity index (χ1n) is 14.4. The first-order chi connectivity index (χ1) is 20.1. The van der Waals surface area contributed by atoms with Crippen molar-refractivity contribution in [3.63, 3.8) is 0 Å². The minimum Gasteiger partial charge on any atom is -0.457 e. The zero-order chi connectivity index (χ0) is 27.6. The summed E-state index contributed by atoms with van der Waals surface area (Å²) in [6.45, 7) is 4.61. The minimum atomic E-state index is -0.385. The summed E-state index contributed by atoms with van der Waals surface area (Å²) in [4.78, 5) is 0. The smallest absolute Gasteiger partial charge is 0.132 e. The van der Waals surface area contributed by atoms with Gasteiger partial charge >= 0.3 is 0 Å². The number of hydrogen-bond acceptors (Lipinski definition) is 1. The number of hydrogen-bond donors (Lipinski definition) is 0. The van der Waals surface area contributed by atoms with Crippen LogP contribution in [0.4, 0.5) is 0 Å². The van der Waals surface area contributed by atoms with E-state index in [-0.39, 0.29) is 10.8 Å². The Kier molecular flexibility index (Phi) is 5.15. The van der Waals surface area contributed by atoms with Crippen LogP contribution in [0.2, 0.25) is 0 Å². The minimum absolute atomic E-state index is 0.186. The van der Waals surface area contributed by atoms with Gasteiger partial charge in [-0.1, -0.05) is 147 Å². The second-order valence-corrected chi connectivity index (χ2v) is 11.7. The van der Waals surface area contributed by atoms with Crippen molar-refractivity contribution in [2.24, 2.45) is 0 Å². The second-order valence-electron chi connectivity index (χ2n) is 11.7. The third kappa shape index (κ3) is 3.30. The molecule has 8 rings (SSSR count). The Hall–Kier alpha value is -4.88. The number of fused-ring (bicyclic) bond motifs is 5. The van der Waals surface area contributed by atoms with Crippen LogP contribution in [0.1, 0.15) is 47.2 Å². The molecule has 41 heavy (non-hydrogen) atoms. The van der Waals surface area contributed by atoms with Crippen LogP contribution in [0.15, 0.2) is 146 Å². The van der Waals surface area contributed by atoms with Crippen LogP contribution in [-0.4, -0.2) is 0 Å². The molecule has 6 aromatic rings. The lowest BCUT2D eigenvalue weighted by Gasteiger charge is -2.36. The standard InChI is InChI=1S/C40H30O/c1-39(2)35-20-10-11-21-36(35)41-37-22-12-17-30(38(37)39)27-23-25-29(26-24-27)40(28-13-4-3-5-14-28)33-18-8-6-15-31(33)32-16-7-9-19-34(32)40/h3-26H,1-2H3. The van der Waals surface area contributed by atoms with E-state index in [1.807, 2.05) is 6.07 Å². The molecule has 2 aliphatic rings. The Bertz CT molecular complexity index is 1880. The number of rotatable bonds is 3. The van der Waals surface area contributed by atoms with Crippen LogP contribution in [0.3, 0.4) is 0 Å². The first kappa shape index (κ1) is 24.0. The lowest BCUT2D eigenvalue weighted by Crippen LogP contribution is -2.28. The van der Waals surface area contributed by atoms with E-state index >= 15 is 0 Å². The molecule has 6 aromatic carbocycles. The molecule has 1 aliphatic carbocycles. The number of benzene rings is 6. The van der Waals surface area contributed by atoms with Gasteiger partial charge in [-0.3, -0.25) is 0 Å². The molecule has 0 N–H and O–H groups in total. The van der Waals surface area contributed by atoms with Gasteiger partial charge in [0.1, 0.15) is 11.5 Å². The summed E-state index contributed by atoms with van der Waals surface area (Å²) in [6, 6.07) is 52.9. The van der Waals surface area contributed by atoms with Crippen LogP contribution in [0.25, 0.3) is 22.3 Å². The molecule has 0 saturated carbocycles. The van der Waals surface area contributed by atoms with Crippen LogP contribution < -0.4 is 4.74 Å². The highest BCUT2D eigenvalue weighted by Crippen LogP contribution is 2.56. The zero-order valence-corrected chi connectivity index (χ0v) is 23.3. The molecule has 0 saturated heterocycles. The lowest BCUT2D eigenvalue weighted by atomic mass is 9.67. The van der Waals surface area contributed by atoms with E-state index in [0.717, 1.165) is 11.5 Å². The number of ether oxygens (including phenoxy) is 1.